The highest BCUT2D eigenvalue weighted by molar-refractivity contribution is 7.86. The first-order chi connectivity index (χ1) is 11.0. The van der Waals surface area contributed by atoms with E-state index in [-0.39, 0.29) is 9.79 Å². The zero-order chi connectivity index (χ0) is 17.9. The van der Waals surface area contributed by atoms with E-state index in [1.807, 2.05) is 6.92 Å². The van der Waals surface area contributed by atoms with Crippen molar-refractivity contribution >= 4 is 42.0 Å². The summed E-state index contributed by atoms with van der Waals surface area (Å²) in [5.74, 6) is 0. The molecular formula is C15H14NO6S2+. The molecule has 126 valence electrons. The van der Waals surface area contributed by atoms with Crippen LogP contribution >= 0.6 is 0 Å². The first-order valence-corrected chi connectivity index (χ1v) is 9.69. The number of aromatic nitrogens is 1. The lowest BCUT2D eigenvalue weighted by atomic mass is 10.0. The molecule has 0 aliphatic heterocycles. The third kappa shape index (κ3) is 2.65. The average molecular weight is 368 g/mol. The van der Waals surface area contributed by atoms with Crippen molar-refractivity contribution in [3.8, 4) is 0 Å². The van der Waals surface area contributed by atoms with Crippen molar-refractivity contribution in [2.24, 2.45) is 7.05 Å². The molecule has 2 N–H and O–H groups in total. The lowest BCUT2D eigenvalue weighted by Crippen LogP contribution is -2.31. The molecule has 1 aromatic heterocycles. The highest BCUT2D eigenvalue weighted by Gasteiger charge is 2.21. The van der Waals surface area contributed by atoms with Crippen LogP contribution in [0.2, 0.25) is 0 Å². The maximum atomic E-state index is 11.4. The minimum atomic E-state index is -4.36. The van der Waals surface area contributed by atoms with Crippen LogP contribution in [-0.2, 0) is 27.3 Å². The summed E-state index contributed by atoms with van der Waals surface area (Å²) in [6, 6.07) is 8.42. The van der Waals surface area contributed by atoms with Crippen LogP contribution in [0.15, 0.2) is 46.2 Å². The van der Waals surface area contributed by atoms with Gasteiger partial charge in [-0.3, -0.25) is 9.11 Å². The Kier molecular flexibility index (Phi) is 3.64. The van der Waals surface area contributed by atoms with Gasteiger partial charge in [-0.25, -0.2) is 0 Å². The van der Waals surface area contributed by atoms with Crippen molar-refractivity contribution in [3.05, 3.63) is 42.0 Å². The van der Waals surface area contributed by atoms with E-state index >= 15 is 0 Å². The van der Waals surface area contributed by atoms with Gasteiger partial charge in [0.05, 0.1) is 0 Å². The summed E-state index contributed by atoms with van der Waals surface area (Å²) in [6.07, 6.45) is 0. The van der Waals surface area contributed by atoms with Gasteiger partial charge in [0.1, 0.15) is 16.8 Å². The third-order valence-corrected chi connectivity index (χ3v) is 5.76. The Balaban J connectivity index is 2.50. The Morgan fingerprint density at radius 2 is 1.17 bits per heavy atom. The molecule has 0 spiro atoms. The Morgan fingerprint density at radius 1 is 0.792 bits per heavy atom. The smallest absolute Gasteiger partial charge is 0.282 e. The Bertz CT molecular complexity index is 1120. The van der Waals surface area contributed by atoms with Gasteiger partial charge in [0.2, 0.25) is 11.0 Å². The second-order valence-corrected chi connectivity index (χ2v) is 8.34. The minimum absolute atomic E-state index is 0.254. The predicted molar refractivity (Wildman–Crippen MR) is 87.0 cm³/mol. The van der Waals surface area contributed by atoms with Gasteiger partial charge in [-0.2, -0.15) is 21.4 Å². The molecule has 2 aromatic carbocycles. The van der Waals surface area contributed by atoms with Gasteiger partial charge in [-0.05, 0) is 36.8 Å². The maximum absolute atomic E-state index is 11.4. The van der Waals surface area contributed by atoms with Crippen molar-refractivity contribution in [1.82, 2.24) is 0 Å². The Labute approximate surface area is 138 Å². The first-order valence-electron chi connectivity index (χ1n) is 6.81. The largest absolute Gasteiger partial charge is 0.294 e. The van der Waals surface area contributed by atoms with E-state index < -0.39 is 20.2 Å². The molecule has 9 heteroatoms. The van der Waals surface area contributed by atoms with Crippen LogP contribution in [0.4, 0.5) is 0 Å². The highest BCUT2D eigenvalue weighted by atomic mass is 32.2. The molecule has 3 rings (SSSR count). The van der Waals surface area contributed by atoms with Crippen LogP contribution in [0.1, 0.15) is 5.56 Å². The zero-order valence-corrected chi connectivity index (χ0v) is 14.4. The summed E-state index contributed by atoms with van der Waals surface area (Å²) in [7, 11) is -7.07. The number of hydrogen-bond donors (Lipinski definition) is 2. The van der Waals surface area contributed by atoms with Crippen molar-refractivity contribution in [3.63, 3.8) is 0 Å². The third-order valence-electron chi connectivity index (χ3n) is 4.06. The molecule has 1 heterocycles. The van der Waals surface area contributed by atoms with E-state index in [1.165, 1.54) is 24.3 Å². The quantitative estimate of drug-likeness (QED) is 0.404. The van der Waals surface area contributed by atoms with Crippen LogP contribution in [0.3, 0.4) is 0 Å². The number of fused-ring (bicyclic) bond motifs is 2. The van der Waals surface area contributed by atoms with Crippen LogP contribution < -0.4 is 4.57 Å². The fourth-order valence-corrected chi connectivity index (χ4v) is 3.81. The van der Waals surface area contributed by atoms with Crippen LogP contribution in [0.25, 0.3) is 21.8 Å². The molecule has 0 amide bonds. The summed E-state index contributed by atoms with van der Waals surface area (Å²) in [4.78, 5) is -0.509. The molecule has 24 heavy (non-hydrogen) atoms. The fraction of sp³-hybridized carbons (Fsp3) is 0.133. The molecule has 0 atom stereocenters. The molecule has 0 saturated heterocycles. The van der Waals surface area contributed by atoms with E-state index in [1.54, 1.807) is 23.7 Å². The molecule has 0 unspecified atom stereocenters. The Hall–Kier alpha value is -2.07. The van der Waals surface area contributed by atoms with Crippen molar-refractivity contribution in [1.29, 1.82) is 0 Å². The van der Waals surface area contributed by atoms with Crippen molar-refractivity contribution in [2.45, 2.75) is 16.7 Å². The summed E-state index contributed by atoms with van der Waals surface area (Å²) < 4.78 is 65.5. The number of hydrogen-bond acceptors (Lipinski definition) is 4. The second kappa shape index (κ2) is 5.21. The van der Waals surface area contributed by atoms with Crippen molar-refractivity contribution < 1.29 is 30.5 Å². The standard InChI is InChI=1S/C15H13NO6S2/c1-9-12-5-3-10(23(17,18)19)7-14(12)16(2)15-8-11(24(20,21)22)4-6-13(9)15/h3-8H,1-2H3,(H-,17,18,19,20,21,22)/p+1. The number of rotatable bonds is 2. The zero-order valence-electron chi connectivity index (χ0n) is 12.8. The fourth-order valence-electron chi connectivity index (χ4n) is 2.81. The summed E-state index contributed by atoms with van der Waals surface area (Å²) in [5, 5.41) is 1.52. The summed E-state index contributed by atoms with van der Waals surface area (Å²) >= 11 is 0. The first kappa shape index (κ1) is 16.8. The predicted octanol–water partition coefficient (Wildman–Crippen LogP) is 1.62. The Morgan fingerprint density at radius 3 is 1.50 bits per heavy atom. The molecule has 0 fully saturated rings. The maximum Gasteiger partial charge on any atom is 0.294 e. The van der Waals surface area contributed by atoms with Gasteiger partial charge in [-0.15, -0.1) is 0 Å². The van der Waals surface area contributed by atoms with E-state index in [0.717, 1.165) is 16.3 Å². The van der Waals surface area contributed by atoms with Crippen molar-refractivity contribution in [2.75, 3.05) is 0 Å². The van der Waals surface area contributed by atoms with E-state index in [2.05, 4.69) is 0 Å². The van der Waals surface area contributed by atoms with E-state index in [4.69, 9.17) is 0 Å². The lowest BCUT2D eigenvalue weighted by Gasteiger charge is -2.08. The number of benzene rings is 2. The number of aryl methyl sites for hydroxylation is 2. The van der Waals surface area contributed by atoms with Crippen LogP contribution in [0.5, 0.6) is 0 Å². The monoisotopic (exact) mass is 368 g/mol. The lowest BCUT2D eigenvalue weighted by molar-refractivity contribution is -0.617. The molecule has 0 bridgehead atoms. The normalized spacial score (nSPS) is 12.8. The molecule has 0 aliphatic carbocycles. The summed E-state index contributed by atoms with van der Waals surface area (Å²) in [6.45, 7) is 1.82. The van der Waals surface area contributed by atoms with E-state index in [0.29, 0.717) is 11.0 Å². The molecular weight excluding hydrogens is 354 g/mol. The van der Waals surface area contributed by atoms with Gasteiger partial charge in [-0.1, -0.05) is 0 Å². The topological polar surface area (TPSA) is 113 Å². The number of nitrogens with zero attached hydrogens (tertiary/aromatic N) is 1. The molecule has 0 saturated carbocycles. The second-order valence-electron chi connectivity index (χ2n) is 5.49. The van der Waals surface area contributed by atoms with Gasteiger partial charge < -0.3 is 0 Å². The van der Waals surface area contributed by atoms with Crippen LogP contribution in [-0.4, -0.2) is 25.9 Å². The molecule has 0 radical (unpaired) electrons. The average Bonchev–Trinajstić information content (AvgIpc) is 2.49. The van der Waals surface area contributed by atoms with Crippen LogP contribution in [0, 0.1) is 6.92 Å². The highest BCUT2D eigenvalue weighted by Crippen LogP contribution is 2.27. The minimum Gasteiger partial charge on any atom is -0.282 e. The van der Waals surface area contributed by atoms with Gasteiger partial charge >= 0.3 is 0 Å². The summed E-state index contributed by atoms with van der Waals surface area (Å²) in [5.41, 5.74) is 1.83. The number of pyridine rings is 1. The molecule has 7 nitrogen and oxygen atoms in total. The molecule has 3 aromatic rings. The van der Waals surface area contributed by atoms with E-state index in [9.17, 15) is 25.9 Å². The SMILES string of the molecule is Cc1c2ccc(S(=O)(=O)O)cc2[n+](C)c2cc(S(=O)(=O)O)ccc12. The van der Waals surface area contributed by atoms with Gasteiger partial charge in [0, 0.05) is 22.9 Å². The van der Waals surface area contributed by atoms with Gasteiger partial charge in [0.15, 0.2) is 0 Å². The van der Waals surface area contributed by atoms with Gasteiger partial charge in [0.25, 0.3) is 20.2 Å². The molecule has 0 aliphatic rings.